The lowest BCUT2D eigenvalue weighted by atomic mass is 10.0. The van der Waals surface area contributed by atoms with Crippen molar-refractivity contribution in [3.8, 4) is 0 Å². The van der Waals surface area contributed by atoms with Gasteiger partial charge in [-0.15, -0.1) is 0 Å². The molecule has 9 nitrogen and oxygen atoms in total. The fourth-order valence-corrected chi connectivity index (χ4v) is 3.46. The highest BCUT2D eigenvalue weighted by atomic mass is 32.2. The van der Waals surface area contributed by atoms with Crippen LogP contribution < -0.4 is 16.4 Å². The first-order chi connectivity index (χ1) is 14.2. The molecule has 30 heavy (non-hydrogen) atoms. The molecule has 0 bridgehead atoms. The van der Waals surface area contributed by atoms with Gasteiger partial charge < -0.3 is 31.6 Å². The zero-order chi connectivity index (χ0) is 22.3. The van der Waals surface area contributed by atoms with Crippen molar-refractivity contribution < 1.29 is 24.6 Å². The Bertz CT molecular complexity index is 885. The fraction of sp³-hybridized carbons (Fsp3) is 0.450. The quantitative estimate of drug-likeness (QED) is 0.294. The number of hydrogen-bond donors (Lipinski definition) is 6. The Morgan fingerprint density at radius 1 is 1.17 bits per heavy atom. The van der Waals surface area contributed by atoms with Crippen LogP contribution in [0.15, 0.2) is 30.5 Å². The van der Waals surface area contributed by atoms with Gasteiger partial charge in [0.25, 0.3) is 0 Å². The lowest BCUT2D eigenvalue weighted by Crippen LogP contribution is -2.56. The SMILES string of the molecule is CSCCC(NC(=O)C(N)C(C)O)C(=O)NC(Cc1c[nH]c2ccccc12)C(=O)O. The Kier molecular flexibility index (Phi) is 8.70. The topological polar surface area (TPSA) is 158 Å². The number of thioether (sulfide) groups is 1. The summed E-state index contributed by atoms with van der Waals surface area (Å²) in [4.78, 5) is 39.8. The second-order valence-corrected chi connectivity index (χ2v) is 8.06. The first kappa shape index (κ1) is 23.7. The van der Waals surface area contributed by atoms with E-state index in [0.29, 0.717) is 12.2 Å². The summed E-state index contributed by atoms with van der Waals surface area (Å²) in [5, 5.41) is 25.0. The average Bonchev–Trinajstić information content (AvgIpc) is 3.12. The molecule has 7 N–H and O–H groups in total. The number of aliphatic hydroxyl groups is 1. The molecule has 4 atom stereocenters. The predicted molar refractivity (Wildman–Crippen MR) is 116 cm³/mol. The normalized spacial score (nSPS) is 15.2. The molecule has 2 rings (SSSR count). The second-order valence-electron chi connectivity index (χ2n) is 7.07. The first-order valence-corrected chi connectivity index (χ1v) is 10.9. The predicted octanol–water partition coefficient (Wildman–Crippen LogP) is 0.226. The van der Waals surface area contributed by atoms with Crippen LogP contribution in [0.1, 0.15) is 18.9 Å². The number of hydrogen-bond acceptors (Lipinski definition) is 6. The van der Waals surface area contributed by atoms with Gasteiger partial charge in [-0.2, -0.15) is 11.8 Å². The van der Waals surface area contributed by atoms with Gasteiger partial charge in [0.2, 0.25) is 11.8 Å². The van der Waals surface area contributed by atoms with E-state index in [1.165, 1.54) is 18.7 Å². The minimum atomic E-state index is -1.18. The number of carbonyl (C=O) groups excluding carboxylic acids is 2. The number of H-pyrrole nitrogens is 1. The number of nitrogens with two attached hydrogens (primary N) is 1. The van der Waals surface area contributed by atoms with Gasteiger partial charge in [-0.3, -0.25) is 9.59 Å². The minimum absolute atomic E-state index is 0.0848. The Labute approximate surface area is 178 Å². The van der Waals surface area contributed by atoms with Gasteiger partial charge in [0.05, 0.1) is 6.10 Å². The average molecular weight is 437 g/mol. The van der Waals surface area contributed by atoms with E-state index >= 15 is 0 Å². The number of aromatic amines is 1. The molecule has 2 amide bonds. The number of carbonyl (C=O) groups is 3. The maximum absolute atomic E-state index is 12.8. The van der Waals surface area contributed by atoms with Crippen LogP contribution in [-0.4, -0.2) is 69.2 Å². The largest absolute Gasteiger partial charge is 0.480 e. The summed E-state index contributed by atoms with van der Waals surface area (Å²) in [6, 6.07) is 4.17. The van der Waals surface area contributed by atoms with E-state index in [9.17, 15) is 24.6 Å². The van der Waals surface area contributed by atoms with E-state index < -0.39 is 42.0 Å². The molecule has 0 spiro atoms. The monoisotopic (exact) mass is 436 g/mol. The van der Waals surface area contributed by atoms with Crippen molar-refractivity contribution >= 4 is 40.4 Å². The van der Waals surface area contributed by atoms with Gasteiger partial charge in [0.15, 0.2) is 0 Å². The number of para-hydroxylation sites is 1. The van der Waals surface area contributed by atoms with Crippen LogP contribution in [0.5, 0.6) is 0 Å². The zero-order valence-corrected chi connectivity index (χ0v) is 17.7. The third-order valence-corrected chi connectivity index (χ3v) is 5.42. The molecule has 0 aliphatic rings. The van der Waals surface area contributed by atoms with Crippen molar-refractivity contribution in [3.63, 3.8) is 0 Å². The Morgan fingerprint density at radius 2 is 1.83 bits per heavy atom. The number of benzene rings is 1. The van der Waals surface area contributed by atoms with Gasteiger partial charge in [0, 0.05) is 23.5 Å². The molecule has 0 radical (unpaired) electrons. The summed E-state index contributed by atoms with van der Waals surface area (Å²) < 4.78 is 0. The van der Waals surface area contributed by atoms with E-state index in [0.717, 1.165) is 16.5 Å². The second kappa shape index (κ2) is 11.0. The van der Waals surface area contributed by atoms with Crippen molar-refractivity contribution in [3.05, 3.63) is 36.0 Å². The molecular formula is C20H28N4O5S. The van der Waals surface area contributed by atoms with Crippen LogP contribution in [0.25, 0.3) is 10.9 Å². The summed E-state index contributed by atoms with van der Waals surface area (Å²) >= 11 is 1.49. The number of fused-ring (bicyclic) bond motifs is 1. The summed E-state index contributed by atoms with van der Waals surface area (Å²) in [5.41, 5.74) is 7.27. The number of nitrogens with one attached hydrogen (secondary N) is 3. The lowest BCUT2D eigenvalue weighted by molar-refractivity contribution is -0.142. The number of aromatic nitrogens is 1. The number of aliphatic carboxylic acids is 1. The first-order valence-electron chi connectivity index (χ1n) is 9.55. The Hall–Kier alpha value is -2.56. The van der Waals surface area contributed by atoms with Crippen molar-refractivity contribution in [1.29, 1.82) is 0 Å². The molecule has 0 saturated heterocycles. The van der Waals surface area contributed by atoms with Crippen LogP contribution in [0.4, 0.5) is 0 Å². The summed E-state index contributed by atoms with van der Waals surface area (Å²) in [6.45, 7) is 1.38. The molecule has 1 aromatic carbocycles. The minimum Gasteiger partial charge on any atom is -0.480 e. The van der Waals surface area contributed by atoms with Gasteiger partial charge in [0.1, 0.15) is 18.1 Å². The Balaban J connectivity index is 2.13. The summed E-state index contributed by atoms with van der Waals surface area (Å²) in [6.07, 6.45) is 2.88. The molecule has 10 heteroatoms. The van der Waals surface area contributed by atoms with Gasteiger partial charge in [-0.25, -0.2) is 4.79 Å². The van der Waals surface area contributed by atoms with Crippen molar-refractivity contribution in [2.45, 2.75) is 44.0 Å². The standard InChI is InChI=1S/C20H28N4O5S/c1-11(25)17(21)19(27)23-15(7-8-30-2)18(26)24-16(20(28)29)9-12-10-22-14-6-4-3-5-13(12)14/h3-6,10-11,15-17,22,25H,7-9,21H2,1-2H3,(H,23,27)(H,24,26)(H,28,29). The zero-order valence-electron chi connectivity index (χ0n) is 16.9. The van der Waals surface area contributed by atoms with E-state index in [-0.39, 0.29) is 6.42 Å². The molecule has 0 aliphatic heterocycles. The molecule has 0 fully saturated rings. The molecule has 1 aromatic heterocycles. The van der Waals surface area contributed by atoms with Crippen LogP contribution >= 0.6 is 11.8 Å². The molecule has 2 aromatic rings. The molecular weight excluding hydrogens is 408 g/mol. The van der Waals surface area contributed by atoms with Crippen LogP contribution in [-0.2, 0) is 20.8 Å². The molecule has 164 valence electrons. The van der Waals surface area contributed by atoms with E-state index in [2.05, 4.69) is 15.6 Å². The molecule has 1 heterocycles. The van der Waals surface area contributed by atoms with E-state index in [1.807, 2.05) is 30.5 Å². The summed E-state index contributed by atoms with van der Waals surface area (Å²) in [7, 11) is 0. The van der Waals surface area contributed by atoms with Gasteiger partial charge in [-0.1, -0.05) is 18.2 Å². The van der Waals surface area contributed by atoms with Gasteiger partial charge in [-0.05, 0) is 37.0 Å². The fourth-order valence-electron chi connectivity index (χ4n) is 2.98. The third-order valence-electron chi connectivity index (χ3n) is 4.78. The number of carboxylic acids is 1. The smallest absolute Gasteiger partial charge is 0.326 e. The van der Waals surface area contributed by atoms with Crippen molar-refractivity contribution in [2.75, 3.05) is 12.0 Å². The Morgan fingerprint density at radius 3 is 2.47 bits per heavy atom. The van der Waals surface area contributed by atoms with Crippen molar-refractivity contribution in [2.24, 2.45) is 5.73 Å². The lowest BCUT2D eigenvalue weighted by Gasteiger charge is -2.23. The van der Waals surface area contributed by atoms with Crippen LogP contribution in [0.3, 0.4) is 0 Å². The molecule has 4 unspecified atom stereocenters. The highest BCUT2D eigenvalue weighted by Gasteiger charge is 2.29. The number of rotatable bonds is 11. The maximum Gasteiger partial charge on any atom is 0.326 e. The van der Waals surface area contributed by atoms with Crippen LogP contribution in [0.2, 0.25) is 0 Å². The number of amides is 2. The maximum atomic E-state index is 12.8. The van der Waals surface area contributed by atoms with Crippen molar-refractivity contribution in [1.82, 2.24) is 15.6 Å². The third kappa shape index (κ3) is 6.22. The highest BCUT2D eigenvalue weighted by Crippen LogP contribution is 2.19. The molecule has 0 aliphatic carbocycles. The molecule has 0 saturated carbocycles. The van der Waals surface area contributed by atoms with E-state index in [1.54, 1.807) is 6.20 Å². The highest BCUT2D eigenvalue weighted by molar-refractivity contribution is 7.98. The number of aliphatic hydroxyl groups excluding tert-OH is 1. The summed E-state index contributed by atoms with van der Waals surface area (Å²) in [5.74, 6) is -1.89. The number of carboxylic acid groups (broad SMARTS) is 1. The van der Waals surface area contributed by atoms with E-state index in [4.69, 9.17) is 5.73 Å². The van der Waals surface area contributed by atoms with Gasteiger partial charge >= 0.3 is 5.97 Å². The van der Waals surface area contributed by atoms with Crippen LogP contribution in [0, 0.1) is 0 Å².